The summed E-state index contributed by atoms with van der Waals surface area (Å²) in [4.78, 5) is 11.7. The fourth-order valence-electron chi connectivity index (χ4n) is 1.54. The summed E-state index contributed by atoms with van der Waals surface area (Å²) in [6.45, 7) is -0.192. The Labute approximate surface area is 115 Å². The normalized spacial score (nSPS) is 9.60. The Balaban J connectivity index is 1.89. The molecular weight excluding hydrogens is 259 g/mol. The Bertz CT molecular complexity index is 648. The van der Waals surface area contributed by atoms with Crippen LogP contribution in [0.2, 0.25) is 0 Å². The first-order valence-corrected chi connectivity index (χ1v) is 5.86. The molecule has 0 bridgehead atoms. The van der Waals surface area contributed by atoms with E-state index in [1.54, 1.807) is 24.3 Å². The molecule has 100 valence electrons. The van der Waals surface area contributed by atoms with Crippen molar-refractivity contribution in [3.8, 4) is 11.8 Å². The zero-order valence-corrected chi connectivity index (χ0v) is 10.5. The number of nitrogens with one attached hydrogen (secondary N) is 1. The van der Waals surface area contributed by atoms with E-state index >= 15 is 0 Å². The molecule has 1 amide bonds. The highest BCUT2D eigenvalue weighted by Gasteiger charge is 2.04. The summed E-state index contributed by atoms with van der Waals surface area (Å²) in [5.41, 5.74) is 0.985. The van der Waals surface area contributed by atoms with Crippen LogP contribution in [0.4, 0.5) is 10.1 Å². The quantitative estimate of drug-likeness (QED) is 0.929. The van der Waals surface area contributed by atoms with Crippen molar-refractivity contribution in [1.29, 1.82) is 5.26 Å². The lowest BCUT2D eigenvalue weighted by Crippen LogP contribution is -2.20. The number of rotatable bonds is 4. The summed E-state index contributed by atoms with van der Waals surface area (Å²) in [5, 5.41) is 11.4. The average molecular weight is 270 g/mol. The Morgan fingerprint density at radius 2 is 2.00 bits per heavy atom. The van der Waals surface area contributed by atoms with Crippen LogP contribution in [0, 0.1) is 17.1 Å². The molecule has 2 aromatic rings. The first-order chi connectivity index (χ1) is 9.67. The molecule has 0 aliphatic carbocycles. The molecule has 0 saturated carbocycles. The third-order valence-electron chi connectivity index (χ3n) is 2.46. The van der Waals surface area contributed by atoms with E-state index < -0.39 is 0 Å². The van der Waals surface area contributed by atoms with Crippen LogP contribution in [0.5, 0.6) is 5.75 Å². The van der Waals surface area contributed by atoms with Crippen molar-refractivity contribution in [3.05, 3.63) is 59.9 Å². The fraction of sp³-hybridized carbons (Fsp3) is 0.0667. The van der Waals surface area contributed by atoms with Crippen LogP contribution in [0.15, 0.2) is 48.5 Å². The Morgan fingerprint density at radius 1 is 1.25 bits per heavy atom. The van der Waals surface area contributed by atoms with Gasteiger partial charge in [-0.3, -0.25) is 4.79 Å². The van der Waals surface area contributed by atoms with Crippen molar-refractivity contribution in [3.63, 3.8) is 0 Å². The molecule has 0 atom stereocenters. The molecule has 0 radical (unpaired) electrons. The molecule has 0 aliphatic heterocycles. The van der Waals surface area contributed by atoms with E-state index in [2.05, 4.69) is 5.32 Å². The van der Waals surface area contributed by atoms with Crippen molar-refractivity contribution in [2.75, 3.05) is 11.9 Å². The lowest BCUT2D eigenvalue weighted by atomic mass is 10.2. The van der Waals surface area contributed by atoms with Crippen molar-refractivity contribution in [1.82, 2.24) is 0 Å². The number of ether oxygens (including phenoxy) is 1. The van der Waals surface area contributed by atoms with Gasteiger partial charge in [0.05, 0.1) is 11.6 Å². The van der Waals surface area contributed by atoms with E-state index in [4.69, 9.17) is 10.00 Å². The predicted octanol–water partition coefficient (Wildman–Crippen LogP) is 2.71. The van der Waals surface area contributed by atoms with Crippen LogP contribution in [-0.2, 0) is 4.79 Å². The predicted molar refractivity (Wildman–Crippen MR) is 71.7 cm³/mol. The summed E-state index contributed by atoms with van der Waals surface area (Å²) >= 11 is 0. The summed E-state index contributed by atoms with van der Waals surface area (Å²) in [6.07, 6.45) is 0. The van der Waals surface area contributed by atoms with Crippen molar-refractivity contribution < 1.29 is 13.9 Å². The molecule has 0 aliphatic rings. The highest BCUT2D eigenvalue weighted by atomic mass is 19.1. The topological polar surface area (TPSA) is 62.1 Å². The molecule has 0 unspecified atom stereocenters. The lowest BCUT2D eigenvalue weighted by molar-refractivity contribution is -0.118. The fourth-order valence-corrected chi connectivity index (χ4v) is 1.54. The second-order valence-electron chi connectivity index (χ2n) is 3.98. The number of hydrogen-bond acceptors (Lipinski definition) is 3. The van der Waals surface area contributed by atoms with Gasteiger partial charge in [-0.2, -0.15) is 5.26 Å². The third-order valence-corrected chi connectivity index (χ3v) is 2.46. The van der Waals surface area contributed by atoms with Crippen LogP contribution in [0.25, 0.3) is 0 Å². The second kappa shape index (κ2) is 6.34. The minimum Gasteiger partial charge on any atom is -0.484 e. The van der Waals surface area contributed by atoms with Gasteiger partial charge < -0.3 is 10.1 Å². The number of carbonyl (C=O) groups is 1. The summed E-state index contributed by atoms with van der Waals surface area (Å²) in [5.74, 6) is -0.313. The molecule has 4 nitrogen and oxygen atoms in total. The summed E-state index contributed by atoms with van der Waals surface area (Å²) < 4.78 is 17.9. The highest BCUT2D eigenvalue weighted by molar-refractivity contribution is 5.92. The van der Waals surface area contributed by atoms with Gasteiger partial charge in [0.2, 0.25) is 0 Å². The largest absolute Gasteiger partial charge is 0.484 e. The number of benzene rings is 2. The minimum absolute atomic E-state index is 0.192. The Morgan fingerprint density at radius 3 is 2.70 bits per heavy atom. The molecule has 0 saturated heterocycles. The van der Waals surface area contributed by atoms with Gasteiger partial charge in [-0.1, -0.05) is 6.07 Å². The van der Waals surface area contributed by atoms with E-state index in [-0.39, 0.29) is 18.3 Å². The molecule has 0 aromatic heterocycles. The zero-order chi connectivity index (χ0) is 14.4. The molecule has 20 heavy (non-hydrogen) atoms. The van der Waals surface area contributed by atoms with Crippen LogP contribution in [0.1, 0.15) is 5.56 Å². The molecule has 2 aromatic carbocycles. The van der Waals surface area contributed by atoms with Gasteiger partial charge in [0.15, 0.2) is 6.61 Å². The van der Waals surface area contributed by atoms with E-state index in [0.717, 1.165) is 0 Å². The van der Waals surface area contributed by atoms with Gasteiger partial charge in [0.25, 0.3) is 5.91 Å². The second-order valence-corrected chi connectivity index (χ2v) is 3.98. The highest BCUT2D eigenvalue weighted by Crippen LogP contribution is 2.12. The SMILES string of the molecule is N#Cc1cccc(NC(=O)COc2ccc(F)cc2)c1. The zero-order valence-electron chi connectivity index (χ0n) is 10.5. The van der Waals surface area contributed by atoms with Crippen LogP contribution >= 0.6 is 0 Å². The van der Waals surface area contributed by atoms with Crippen LogP contribution in [-0.4, -0.2) is 12.5 Å². The van der Waals surface area contributed by atoms with Gasteiger partial charge in [-0.05, 0) is 42.5 Å². The monoisotopic (exact) mass is 270 g/mol. The van der Waals surface area contributed by atoms with E-state index in [1.165, 1.54) is 24.3 Å². The molecule has 0 fully saturated rings. The van der Waals surface area contributed by atoms with Gasteiger partial charge in [0, 0.05) is 5.69 Å². The first kappa shape index (κ1) is 13.6. The number of amides is 1. The van der Waals surface area contributed by atoms with Gasteiger partial charge in [-0.15, -0.1) is 0 Å². The number of carbonyl (C=O) groups excluding carboxylic acids is 1. The van der Waals surface area contributed by atoms with Crippen molar-refractivity contribution in [2.24, 2.45) is 0 Å². The maximum atomic E-state index is 12.7. The maximum Gasteiger partial charge on any atom is 0.262 e. The van der Waals surface area contributed by atoms with Crippen molar-refractivity contribution >= 4 is 11.6 Å². The smallest absolute Gasteiger partial charge is 0.262 e. The lowest BCUT2D eigenvalue weighted by Gasteiger charge is -2.07. The Hall–Kier alpha value is -2.87. The van der Waals surface area contributed by atoms with Crippen molar-refractivity contribution in [2.45, 2.75) is 0 Å². The molecule has 0 spiro atoms. The number of anilines is 1. The van der Waals surface area contributed by atoms with Gasteiger partial charge >= 0.3 is 0 Å². The average Bonchev–Trinajstić information content (AvgIpc) is 2.47. The number of hydrogen-bond donors (Lipinski definition) is 1. The number of halogens is 1. The van der Waals surface area contributed by atoms with E-state index in [9.17, 15) is 9.18 Å². The third kappa shape index (κ3) is 3.82. The standard InChI is InChI=1S/C15H11FN2O2/c16-12-4-6-14(7-5-12)20-10-15(19)18-13-3-1-2-11(8-13)9-17/h1-8H,10H2,(H,18,19). The van der Waals surface area contributed by atoms with E-state index in [1.807, 2.05) is 6.07 Å². The van der Waals surface area contributed by atoms with Crippen LogP contribution in [0.3, 0.4) is 0 Å². The number of nitriles is 1. The Kier molecular flexibility index (Phi) is 4.30. The summed E-state index contributed by atoms with van der Waals surface area (Å²) in [6, 6.07) is 13.9. The minimum atomic E-state index is -0.366. The summed E-state index contributed by atoms with van der Waals surface area (Å²) in [7, 11) is 0. The van der Waals surface area contributed by atoms with Gasteiger partial charge in [0.1, 0.15) is 11.6 Å². The molecule has 2 rings (SSSR count). The maximum absolute atomic E-state index is 12.7. The molecular formula is C15H11FN2O2. The molecule has 0 heterocycles. The molecule has 5 heteroatoms. The molecule has 1 N–H and O–H groups in total. The first-order valence-electron chi connectivity index (χ1n) is 5.86. The van der Waals surface area contributed by atoms with Crippen LogP contribution < -0.4 is 10.1 Å². The van der Waals surface area contributed by atoms with Gasteiger partial charge in [-0.25, -0.2) is 4.39 Å². The number of nitrogens with zero attached hydrogens (tertiary/aromatic N) is 1. The van der Waals surface area contributed by atoms with E-state index in [0.29, 0.717) is 17.0 Å².